The molecule has 2 aromatic rings. The van der Waals surface area contributed by atoms with Gasteiger partial charge in [-0.1, -0.05) is 12.1 Å². The molecule has 0 bridgehead atoms. The monoisotopic (exact) mass is 327 g/mol. The van der Waals surface area contributed by atoms with Crippen molar-refractivity contribution < 1.29 is 22.0 Å². The normalized spacial score (nSPS) is 20.9. The van der Waals surface area contributed by atoms with Crippen molar-refractivity contribution in [3.63, 3.8) is 0 Å². The molecule has 1 aliphatic heterocycles. The molecule has 2 unspecified atom stereocenters. The first-order chi connectivity index (χ1) is 10.9. The molecule has 0 aliphatic carbocycles. The zero-order valence-corrected chi connectivity index (χ0v) is 11.6. The lowest BCUT2D eigenvalue weighted by Gasteiger charge is -2.17. The fourth-order valence-corrected chi connectivity index (χ4v) is 2.47. The molecule has 0 saturated carbocycles. The maximum Gasteiger partial charge on any atom is 0.417 e. The number of hydrogen-bond donors (Lipinski definition) is 0. The van der Waals surface area contributed by atoms with Crippen LogP contribution < -0.4 is 0 Å². The molecule has 1 aromatic heterocycles. The van der Waals surface area contributed by atoms with Crippen molar-refractivity contribution >= 4 is 0 Å². The number of azo groups is 1. The number of alkyl halides is 3. The van der Waals surface area contributed by atoms with Gasteiger partial charge in [-0.15, -0.1) is 0 Å². The Labute approximate surface area is 127 Å². The molecule has 1 aliphatic rings. The van der Waals surface area contributed by atoms with Crippen LogP contribution in [-0.2, 0) is 6.18 Å². The molecule has 2 heterocycles. The van der Waals surface area contributed by atoms with Crippen LogP contribution in [0.4, 0.5) is 22.0 Å². The molecular formula is C15H10F5N3. The van der Waals surface area contributed by atoms with Crippen LogP contribution in [0.1, 0.15) is 28.8 Å². The highest BCUT2D eigenvalue weighted by Gasteiger charge is 2.35. The van der Waals surface area contributed by atoms with Gasteiger partial charge in [0.15, 0.2) is 0 Å². The van der Waals surface area contributed by atoms with E-state index in [9.17, 15) is 22.0 Å². The summed E-state index contributed by atoms with van der Waals surface area (Å²) in [6.07, 6.45) is -4.06. The predicted octanol–water partition coefficient (Wildman–Crippen LogP) is 4.67. The molecule has 0 radical (unpaired) electrons. The molecule has 120 valence electrons. The van der Waals surface area contributed by atoms with Gasteiger partial charge >= 0.3 is 6.18 Å². The highest BCUT2D eigenvalue weighted by atomic mass is 19.4. The Hall–Kier alpha value is -2.38. The van der Waals surface area contributed by atoms with Crippen LogP contribution in [0, 0.1) is 11.6 Å². The van der Waals surface area contributed by atoms with E-state index in [1.54, 1.807) is 0 Å². The van der Waals surface area contributed by atoms with E-state index in [0.29, 0.717) is 17.8 Å². The maximum atomic E-state index is 14.1. The average molecular weight is 327 g/mol. The highest BCUT2D eigenvalue weighted by Crippen LogP contribution is 2.40. The van der Waals surface area contributed by atoms with Gasteiger partial charge in [-0.05, 0) is 23.8 Å². The predicted molar refractivity (Wildman–Crippen MR) is 70.8 cm³/mol. The van der Waals surface area contributed by atoms with Crippen LogP contribution in [0.3, 0.4) is 0 Å². The summed E-state index contributed by atoms with van der Waals surface area (Å²) in [5.74, 6) is -2.11. The van der Waals surface area contributed by atoms with Gasteiger partial charge in [0.05, 0.1) is 23.7 Å². The van der Waals surface area contributed by atoms with Crippen LogP contribution >= 0.6 is 0 Å². The van der Waals surface area contributed by atoms with Crippen molar-refractivity contribution in [2.75, 3.05) is 6.54 Å². The summed E-state index contributed by atoms with van der Waals surface area (Å²) in [4.78, 5) is 3.63. The minimum absolute atomic E-state index is 0.108. The second-order valence-electron chi connectivity index (χ2n) is 5.13. The smallest absolute Gasteiger partial charge is 0.257 e. The minimum atomic E-state index is -4.66. The second-order valence-corrected chi connectivity index (χ2v) is 5.13. The lowest BCUT2D eigenvalue weighted by molar-refractivity contribution is -0.138. The Morgan fingerprint density at radius 3 is 2.35 bits per heavy atom. The van der Waals surface area contributed by atoms with Gasteiger partial charge in [0.25, 0.3) is 0 Å². The summed E-state index contributed by atoms with van der Waals surface area (Å²) < 4.78 is 64.8. The number of nitrogens with zero attached hydrogens (tertiary/aromatic N) is 3. The first kappa shape index (κ1) is 15.5. The van der Waals surface area contributed by atoms with E-state index in [1.807, 2.05) is 0 Å². The molecule has 0 fully saturated rings. The molecule has 1 aromatic carbocycles. The molecule has 0 spiro atoms. The van der Waals surface area contributed by atoms with E-state index in [-0.39, 0.29) is 12.2 Å². The number of benzene rings is 1. The standard InChI is InChI=1S/C15H10F5N3/c16-10-3-1-8(2-4-10)13-11(7-22-23-13)14-12(17)5-9(6-21-14)15(18,19)20/h1-6,11,13H,7H2. The third-order valence-corrected chi connectivity index (χ3v) is 3.63. The van der Waals surface area contributed by atoms with Crippen LogP contribution in [0.5, 0.6) is 0 Å². The quantitative estimate of drug-likeness (QED) is 0.739. The van der Waals surface area contributed by atoms with E-state index in [2.05, 4.69) is 15.2 Å². The summed E-state index contributed by atoms with van der Waals surface area (Å²) >= 11 is 0. The van der Waals surface area contributed by atoms with E-state index in [1.165, 1.54) is 24.3 Å². The van der Waals surface area contributed by atoms with Crippen LogP contribution in [-0.4, -0.2) is 11.5 Å². The highest BCUT2D eigenvalue weighted by molar-refractivity contribution is 5.29. The topological polar surface area (TPSA) is 37.6 Å². The number of pyridine rings is 1. The van der Waals surface area contributed by atoms with Gasteiger partial charge < -0.3 is 0 Å². The number of halogens is 5. The summed E-state index contributed by atoms with van der Waals surface area (Å²) in [6, 6.07) is 5.25. The van der Waals surface area contributed by atoms with Crippen molar-refractivity contribution in [1.29, 1.82) is 0 Å². The van der Waals surface area contributed by atoms with E-state index >= 15 is 0 Å². The Morgan fingerprint density at radius 1 is 1.04 bits per heavy atom. The molecule has 3 rings (SSSR count). The van der Waals surface area contributed by atoms with Crippen LogP contribution in [0.15, 0.2) is 46.8 Å². The minimum Gasteiger partial charge on any atom is -0.257 e. The van der Waals surface area contributed by atoms with Gasteiger partial charge in [-0.2, -0.15) is 23.4 Å². The Bertz CT molecular complexity index is 740. The summed E-state index contributed by atoms with van der Waals surface area (Å²) in [5.41, 5.74) is -0.681. The van der Waals surface area contributed by atoms with Crippen molar-refractivity contribution in [1.82, 2.24) is 4.98 Å². The lowest BCUT2D eigenvalue weighted by Crippen LogP contribution is -2.14. The lowest BCUT2D eigenvalue weighted by atomic mass is 9.91. The zero-order chi connectivity index (χ0) is 16.6. The summed E-state index contributed by atoms with van der Waals surface area (Å²) in [6.45, 7) is 0.108. The van der Waals surface area contributed by atoms with Crippen molar-refractivity contribution in [3.05, 3.63) is 65.0 Å². The fraction of sp³-hybridized carbons (Fsp3) is 0.267. The molecule has 8 heteroatoms. The van der Waals surface area contributed by atoms with Crippen molar-refractivity contribution in [3.8, 4) is 0 Å². The van der Waals surface area contributed by atoms with Crippen molar-refractivity contribution in [2.45, 2.75) is 18.1 Å². The molecule has 23 heavy (non-hydrogen) atoms. The number of rotatable bonds is 2. The van der Waals surface area contributed by atoms with Gasteiger partial charge in [-0.25, -0.2) is 8.78 Å². The van der Waals surface area contributed by atoms with Gasteiger partial charge in [0, 0.05) is 6.20 Å². The van der Waals surface area contributed by atoms with Crippen LogP contribution in [0.25, 0.3) is 0 Å². The average Bonchev–Trinajstić information content (AvgIpc) is 2.96. The Balaban J connectivity index is 1.93. The molecular weight excluding hydrogens is 317 g/mol. The Kier molecular flexibility index (Phi) is 3.83. The van der Waals surface area contributed by atoms with E-state index < -0.39 is 35.3 Å². The molecule has 0 saturated heterocycles. The van der Waals surface area contributed by atoms with E-state index in [0.717, 1.165) is 0 Å². The largest absolute Gasteiger partial charge is 0.417 e. The molecule has 2 atom stereocenters. The van der Waals surface area contributed by atoms with Gasteiger partial charge in [0.1, 0.15) is 17.7 Å². The first-order valence-corrected chi connectivity index (χ1v) is 6.71. The third-order valence-electron chi connectivity index (χ3n) is 3.63. The van der Waals surface area contributed by atoms with E-state index in [4.69, 9.17) is 0 Å². The van der Waals surface area contributed by atoms with Gasteiger partial charge in [-0.3, -0.25) is 4.98 Å². The fourth-order valence-electron chi connectivity index (χ4n) is 2.47. The summed E-state index contributed by atoms with van der Waals surface area (Å²) in [5, 5.41) is 7.82. The molecule has 0 amide bonds. The Morgan fingerprint density at radius 2 is 1.74 bits per heavy atom. The number of hydrogen-bond acceptors (Lipinski definition) is 3. The zero-order valence-electron chi connectivity index (χ0n) is 11.6. The third kappa shape index (κ3) is 3.06. The first-order valence-electron chi connectivity index (χ1n) is 6.71. The SMILES string of the molecule is Fc1ccc(C2N=NCC2c2ncc(C(F)(F)F)cc2F)cc1. The van der Waals surface area contributed by atoms with Crippen LogP contribution in [0.2, 0.25) is 0 Å². The summed E-state index contributed by atoms with van der Waals surface area (Å²) in [7, 11) is 0. The second kappa shape index (κ2) is 5.68. The number of aromatic nitrogens is 1. The maximum absolute atomic E-state index is 14.1. The molecule has 0 N–H and O–H groups in total. The molecule has 3 nitrogen and oxygen atoms in total. The van der Waals surface area contributed by atoms with Crippen molar-refractivity contribution in [2.24, 2.45) is 10.2 Å². The van der Waals surface area contributed by atoms with Gasteiger partial charge in [0.2, 0.25) is 0 Å².